The second-order valence-electron chi connectivity index (χ2n) is 4.32. The fourth-order valence-electron chi connectivity index (χ4n) is 1.34. The highest BCUT2D eigenvalue weighted by molar-refractivity contribution is 8.00. The maximum Gasteiger partial charge on any atom is 0.441 e. The van der Waals surface area contributed by atoms with E-state index in [4.69, 9.17) is 4.74 Å². The van der Waals surface area contributed by atoms with Crippen molar-refractivity contribution >= 4 is 11.8 Å². The topological polar surface area (TPSA) is 21.3 Å². The Balaban J connectivity index is 2.28. The number of benzene rings is 1. The Bertz CT molecular complexity index is 365. The van der Waals surface area contributed by atoms with Crippen molar-refractivity contribution < 1.29 is 17.9 Å². The molecule has 0 aliphatic heterocycles. The van der Waals surface area contributed by atoms with E-state index in [1.807, 2.05) is 12.1 Å². The van der Waals surface area contributed by atoms with Gasteiger partial charge < -0.3 is 10.1 Å². The summed E-state index contributed by atoms with van der Waals surface area (Å²) < 4.78 is 40.9. The molecule has 1 aromatic rings. The van der Waals surface area contributed by atoms with Crippen LogP contribution in [0.5, 0.6) is 5.75 Å². The Morgan fingerprint density at radius 2 is 1.84 bits per heavy atom. The summed E-state index contributed by atoms with van der Waals surface area (Å²) in [6.45, 7) is 4.95. The normalized spacial score (nSPS) is 11.9. The molecule has 0 heterocycles. The van der Waals surface area contributed by atoms with E-state index in [-0.39, 0.29) is 24.1 Å². The van der Waals surface area contributed by atoms with Crippen LogP contribution in [-0.4, -0.2) is 23.9 Å². The number of alkyl halides is 3. The van der Waals surface area contributed by atoms with Crippen molar-refractivity contribution in [1.29, 1.82) is 0 Å². The zero-order valence-corrected chi connectivity index (χ0v) is 11.8. The van der Waals surface area contributed by atoms with Crippen LogP contribution in [0.4, 0.5) is 13.2 Å². The van der Waals surface area contributed by atoms with E-state index >= 15 is 0 Å². The molecule has 0 unspecified atom stereocenters. The van der Waals surface area contributed by atoms with Gasteiger partial charge in [-0.05, 0) is 29.5 Å². The van der Waals surface area contributed by atoms with Crippen molar-refractivity contribution in [3.8, 4) is 5.75 Å². The molecule has 0 saturated carbocycles. The summed E-state index contributed by atoms with van der Waals surface area (Å²) in [4.78, 5) is 0. The minimum Gasteiger partial charge on any atom is -0.493 e. The van der Waals surface area contributed by atoms with Gasteiger partial charge in [0.05, 0.1) is 6.61 Å². The molecular weight excluding hydrogens is 275 g/mol. The third-order valence-corrected chi connectivity index (χ3v) is 2.95. The molecule has 0 saturated heterocycles. The molecule has 0 radical (unpaired) electrons. The van der Waals surface area contributed by atoms with Crippen molar-refractivity contribution in [2.45, 2.75) is 31.9 Å². The number of halogens is 3. The van der Waals surface area contributed by atoms with Crippen LogP contribution in [0.15, 0.2) is 24.3 Å². The number of ether oxygens (including phenoxy) is 1. The molecule has 0 aromatic heterocycles. The van der Waals surface area contributed by atoms with Crippen molar-refractivity contribution in [1.82, 2.24) is 5.32 Å². The summed E-state index contributed by atoms with van der Waals surface area (Å²) in [6, 6.07) is 7.77. The quantitative estimate of drug-likeness (QED) is 0.772. The molecule has 1 rings (SSSR count). The lowest BCUT2D eigenvalue weighted by Gasteiger charge is -2.10. The molecule has 0 fully saturated rings. The molecule has 6 heteroatoms. The summed E-state index contributed by atoms with van der Waals surface area (Å²) in [5.41, 5.74) is -3.07. The van der Waals surface area contributed by atoms with Crippen LogP contribution in [0.1, 0.15) is 19.4 Å². The summed E-state index contributed by atoms with van der Waals surface area (Å²) in [5, 5.41) is 3.28. The molecule has 19 heavy (non-hydrogen) atoms. The van der Waals surface area contributed by atoms with Gasteiger partial charge in [0.15, 0.2) is 0 Å². The highest BCUT2D eigenvalue weighted by atomic mass is 32.2. The van der Waals surface area contributed by atoms with Crippen LogP contribution in [0.25, 0.3) is 0 Å². The van der Waals surface area contributed by atoms with Gasteiger partial charge >= 0.3 is 5.51 Å². The Kier molecular flexibility index (Phi) is 6.51. The second-order valence-corrected chi connectivity index (χ2v) is 5.48. The van der Waals surface area contributed by atoms with Gasteiger partial charge in [-0.25, -0.2) is 0 Å². The first kappa shape index (κ1) is 16.2. The first-order valence-electron chi connectivity index (χ1n) is 6.02. The Labute approximate surface area is 115 Å². The summed E-state index contributed by atoms with van der Waals surface area (Å²) in [7, 11) is 0. The summed E-state index contributed by atoms with van der Waals surface area (Å²) in [6.07, 6.45) is 0. The molecule has 0 amide bonds. The van der Waals surface area contributed by atoms with E-state index in [0.717, 1.165) is 12.1 Å². The third kappa shape index (κ3) is 8.00. The molecule has 2 nitrogen and oxygen atoms in total. The maximum absolute atomic E-state index is 11.9. The van der Waals surface area contributed by atoms with E-state index in [1.54, 1.807) is 12.1 Å². The van der Waals surface area contributed by atoms with E-state index in [2.05, 4.69) is 19.2 Å². The van der Waals surface area contributed by atoms with Gasteiger partial charge in [0, 0.05) is 18.3 Å². The highest BCUT2D eigenvalue weighted by Gasteiger charge is 2.27. The predicted octanol–water partition coefficient (Wildman–Crippen LogP) is 3.82. The first-order valence-corrected chi connectivity index (χ1v) is 7.01. The van der Waals surface area contributed by atoms with Crippen molar-refractivity contribution in [3.63, 3.8) is 0 Å². The van der Waals surface area contributed by atoms with Crippen molar-refractivity contribution in [2.24, 2.45) is 0 Å². The molecular formula is C13H18F3NOS. The van der Waals surface area contributed by atoms with E-state index in [1.165, 1.54) is 0 Å². The SMILES string of the molecule is CC(C)NCc1ccc(OCCSC(F)(F)F)cc1. The molecule has 1 N–H and O–H groups in total. The van der Waals surface area contributed by atoms with Crippen LogP contribution < -0.4 is 10.1 Å². The zero-order chi connectivity index (χ0) is 14.3. The Morgan fingerprint density at radius 1 is 1.21 bits per heavy atom. The third-order valence-electron chi connectivity index (χ3n) is 2.26. The molecule has 0 atom stereocenters. The fourth-order valence-corrected chi connectivity index (χ4v) is 1.74. The molecule has 0 spiro atoms. The lowest BCUT2D eigenvalue weighted by Crippen LogP contribution is -2.21. The van der Waals surface area contributed by atoms with Crippen LogP contribution >= 0.6 is 11.8 Å². The average molecular weight is 293 g/mol. The molecule has 0 aliphatic carbocycles. The second kappa shape index (κ2) is 7.65. The number of rotatable bonds is 7. The zero-order valence-electron chi connectivity index (χ0n) is 11.0. The Hall–Kier alpha value is -0.880. The first-order chi connectivity index (χ1) is 8.87. The van der Waals surface area contributed by atoms with E-state index in [9.17, 15) is 13.2 Å². The molecule has 108 valence electrons. The number of thioether (sulfide) groups is 1. The minimum atomic E-state index is -4.18. The smallest absolute Gasteiger partial charge is 0.441 e. The van der Waals surface area contributed by atoms with Gasteiger partial charge in [-0.1, -0.05) is 26.0 Å². The summed E-state index contributed by atoms with van der Waals surface area (Å²) >= 11 is -0.0677. The molecule has 1 aromatic carbocycles. The van der Waals surface area contributed by atoms with Gasteiger partial charge in [-0.3, -0.25) is 0 Å². The van der Waals surface area contributed by atoms with Gasteiger partial charge in [-0.15, -0.1) is 0 Å². The van der Waals surface area contributed by atoms with Crippen LogP contribution in [0, 0.1) is 0 Å². The van der Waals surface area contributed by atoms with Gasteiger partial charge in [0.2, 0.25) is 0 Å². The van der Waals surface area contributed by atoms with Gasteiger partial charge in [0.1, 0.15) is 5.75 Å². The highest BCUT2D eigenvalue weighted by Crippen LogP contribution is 2.29. The average Bonchev–Trinajstić information content (AvgIpc) is 2.32. The number of hydrogen-bond acceptors (Lipinski definition) is 3. The van der Waals surface area contributed by atoms with Crippen LogP contribution in [0.2, 0.25) is 0 Å². The standard InChI is InChI=1S/C13H18F3NOS/c1-10(2)17-9-11-3-5-12(6-4-11)18-7-8-19-13(14,15)16/h3-6,10,17H,7-9H2,1-2H3. The summed E-state index contributed by atoms with van der Waals surface area (Å²) in [5.74, 6) is 0.497. The lowest BCUT2D eigenvalue weighted by molar-refractivity contribution is -0.0329. The largest absolute Gasteiger partial charge is 0.493 e. The van der Waals surface area contributed by atoms with Gasteiger partial charge in [0.25, 0.3) is 0 Å². The van der Waals surface area contributed by atoms with E-state index in [0.29, 0.717) is 11.8 Å². The molecule has 0 aliphatic rings. The number of hydrogen-bond donors (Lipinski definition) is 1. The lowest BCUT2D eigenvalue weighted by atomic mass is 10.2. The van der Waals surface area contributed by atoms with Gasteiger partial charge in [-0.2, -0.15) is 13.2 Å². The number of nitrogens with one attached hydrogen (secondary N) is 1. The fraction of sp³-hybridized carbons (Fsp3) is 0.538. The Morgan fingerprint density at radius 3 is 2.37 bits per heavy atom. The van der Waals surface area contributed by atoms with Crippen LogP contribution in [-0.2, 0) is 6.54 Å². The maximum atomic E-state index is 11.9. The molecule has 0 bridgehead atoms. The van der Waals surface area contributed by atoms with E-state index < -0.39 is 5.51 Å². The van der Waals surface area contributed by atoms with Crippen molar-refractivity contribution in [2.75, 3.05) is 12.4 Å². The predicted molar refractivity (Wildman–Crippen MR) is 72.4 cm³/mol. The minimum absolute atomic E-state index is 0.0494. The van der Waals surface area contributed by atoms with Crippen molar-refractivity contribution in [3.05, 3.63) is 29.8 Å². The van der Waals surface area contributed by atoms with Crippen LogP contribution in [0.3, 0.4) is 0 Å². The monoisotopic (exact) mass is 293 g/mol.